The zero-order valence-corrected chi connectivity index (χ0v) is 7.43. The van der Waals surface area contributed by atoms with E-state index < -0.39 is 0 Å². The summed E-state index contributed by atoms with van der Waals surface area (Å²) >= 11 is 0. The first kappa shape index (κ1) is 10.9. The SMILES string of the molecule is [B]CCN/N=C(/C=C)C(=N)CC. The third kappa shape index (κ3) is 3.96. The van der Waals surface area contributed by atoms with E-state index in [1.165, 1.54) is 0 Å². The average Bonchev–Trinajstić information content (AvgIpc) is 2.11. The zero-order chi connectivity index (χ0) is 9.40. The van der Waals surface area contributed by atoms with Crippen LogP contribution in [0.5, 0.6) is 0 Å². The lowest BCUT2D eigenvalue weighted by Crippen LogP contribution is -2.16. The summed E-state index contributed by atoms with van der Waals surface area (Å²) in [7, 11) is 5.25. The van der Waals surface area contributed by atoms with E-state index >= 15 is 0 Å². The molecule has 12 heavy (non-hydrogen) atoms. The minimum atomic E-state index is 0.481. The minimum Gasteiger partial charge on any atom is -0.310 e. The van der Waals surface area contributed by atoms with Gasteiger partial charge in [-0.25, -0.2) is 0 Å². The van der Waals surface area contributed by atoms with Crippen LogP contribution < -0.4 is 5.43 Å². The van der Waals surface area contributed by atoms with Gasteiger partial charge in [0.1, 0.15) is 5.71 Å². The third-order valence-electron chi connectivity index (χ3n) is 1.31. The van der Waals surface area contributed by atoms with Crippen LogP contribution in [0.15, 0.2) is 17.8 Å². The largest absolute Gasteiger partial charge is 0.310 e. The monoisotopic (exact) mass is 163 g/mol. The molecule has 4 heteroatoms. The molecule has 0 heterocycles. The molecule has 0 saturated heterocycles. The normalized spacial score (nSPS) is 10.9. The highest BCUT2D eigenvalue weighted by molar-refractivity contribution is 6.45. The summed E-state index contributed by atoms with van der Waals surface area (Å²) in [4.78, 5) is 0. The van der Waals surface area contributed by atoms with E-state index in [4.69, 9.17) is 13.3 Å². The smallest absolute Gasteiger partial charge is 0.103 e. The molecule has 0 atom stereocenters. The van der Waals surface area contributed by atoms with E-state index in [9.17, 15) is 0 Å². The zero-order valence-electron chi connectivity index (χ0n) is 7.43. The van der Waals surface area contributed by atoms with E-state index in [1.807, 2.05) is 6.92 Å². The van der Waals surface area contributed by atoms with Gasteiger partial charge in [-0.1, -0.05) is 19.8 Å². The molecule has 0 spiro atoms. The van der Waals surface area contributed by atoms with Crippen molar-refractivity contribution in [3.63, 3.8) is 0 Å². The van der Waals surface area contributed by atoms with E-state index in [0.29, 0.717) is 30.7 Å². The number of allylic oxidation sites excluding steroid dienone is 1. The molecule has 0 saturated carbocycles. The van der Waals surface area contributed by atoms with Crippen molar-refractivity contribution in [1.29, 1.82) is 5.41 Å². The molecule has 0 aliphatic carbocycles. The van der Waals surface area contributed by atoms with E-state index in [1.54, 1.807) is 6.08 Å². The van der Waals surface area contributed by atoms with Crippen molar-refractivity contribution < 1.29 is 0 Å². The number of hydrogen-bond acceptors (Lipinski definition) is 3. The fourth-order valence-corrected chi connectivity index (χ4v) is 0.623. The summed E-state index contributed by atoms with van der Waals surface area (Å²) < 4.78 is 0. The number of nitrogens with one attached hydrogen (secondary N) is 2. The predicted molar refractivity (Wildman–Crippen MR) is 54.2 cm³/mol. The molecule has 2 radical (unpaired) electrons. The van der Waals surface area contributed by atoms with Crippen molar-refractivity contribution in [2.75, 3.05) is 6.54 Å². The summed E-state index contributed by atoms with van der Waals surface area (Å²) in [6.45, 7) is 6.09. The first-order valence-electron chi connectivity index (χ1n) is 3.97. The van der Waals surface area contributed by atoms with Crippen LogP contribution in [0, 0.1) is 5.41 Å². The molecular weight excluding hydrogens is 149 g/mol. The summed E-state index contributed by atoms with van der Waals surface area (Å²) in [6, 6.07) is 0. The second-order valence-electron chi connectivity index (χ2n) is 2.23. The van der Waals surface area contributed by atoms with Gasteiger partial charge in [0.25, 0.3) is 0 Å². The quantitative estimate of drug-likeness (QED) is 0.262. The molecule has 0 bridgehead atoms. The highest BCUT2D eigenvalue weighted by Gasteiger charge is 1.98. The van der Waals surface area contributed by atoms with Gasteiger partial charge >= 0.3 is 0 Å². The molecule has 0 amide bonds. The van der Waals surface area contributed by atoms with Crippen LogP contribution in [0.4, 0.5) is 0 Å². The molecule has 2 N–H and O–H groups in total. The third-order valence-corrected chi connectivity index (χ3v) is 1.31. The molecular formula is C8H14BN3. The Hall–Kier alpha value is -1.06. The van der Waals surface area contributed by atoms with Gasteiger partial charge in [-0.05, 0) is 12.5 Å². The van der Waals surface area contributed by atoms with Crippen molar-refractivity contribution in [1.82, 2.24) is 5.43 Å². The Morgan fingerprint density at radius 3 is 2.83 bits per heavy atom. The summed E-state index contributed by atoms with van der Waals surface area (Å²) in [5.74, 6) is 0. The Morgan fingerprint density at radius 2 is 2.42 bits per heavy atom. The average molecular weight is 163 g/mol. The van der Waals surface area contributed by atoms with Crippen LogP contribution in [0.1, 0.15) is 13.3 Å². The Morgan fingerprint density at radius 1 is 1.75 bits per heavy atom. The van der Waals surface area contributed by atoms with Crippen LogP contribution in [0.2, 0.25) is 6.32 Å². The molecule has 0 rings (SSSR count). The first-order valence-corrected chi connectivity index (χ1v) is 3.97. The number of hydrogen-bond donors (Lipinski definition) is 2. The van der Waals surface area contributed by atoms with Gasteiger partial charge in [-0.3, -0.25) is 0 Å². The van der Waals surface area contributed by atoms with Crippen LogP contribution in [-0.2, 0) is 0 Å². The number of hydrazone groups is 1. The van der Waals surface area contributed by atoms with Gasteiger partial charge in [0, 0.05) is 6.54 Å². The standard InChI is InChI=1S/C8H14BN3/c1-3-7(10)8(4-2)12-11-6-5-9/h4,10-11H,2-3,5-6H2,1H3/b10-7?,12-8-. The fourth-order valence-electron chi connectivity index (χ4n) is 0.623. The maximum Gasteiger partial charge on any atom is 0.103 e. The van der Waals surface area contributed by atoms with E-state index in [-0.39, 0.29) is 0 Å². The lowest BCUT2D eigenvalue weighted by Gasteiger charge is -2.01. The van der Waals surface area contributed by atoms with E-state index in [0.717, 1.165) is 0 Å². The molecule has 3 nitrogen and oxygen atoms in total. The van der Waals surface area contributed by atoms with Crippen molar-refractivity contribution in [3.05, 3.63) is 12.7 Å². The van der Waals surface area contributed by atoms with Crippen molar-refractivity contribution in [2.24, 2.45) is 5.10 Å². The molecule has 0 fully saturated rings. The fraction of sp³-hybridized carbons (Fsp3) is 0.500. The van der Waals surface area contributed by atoms with Crippen molar-refractivity contribution in [2.45, 2.75) is 19.7 Å². The highest BCUT2D eigenvalue weighted by atomic mass is 15.3. The van der Waals surface area contributed by atoms with Crippen molar-refractivity contribution >= 4 is 19.3 Å². The van der Waals surface area contributed by atoms with Crippen LogP contribution in [0.3, 0.4) is 0 Å². The van der Waals surface area contributed by atoms with Gasteiger partial charge in [0.05, 0.1) is 13.6 Å². The lowest BCUT2D eigenvalue weighted by atomic mass is 10.1. The molecule has 0 aromatic carbocycles. The number of nitrogens with zero attached hydrogens (tertiary/aromatic N) is 1. The Labute approximate surface area is 74.9 Å². The second-order valence-corrected chi connectivity index (χ2v) is 2.23. The first-order chi connectivity index (χ1) is 5.76. The van der Waals surface area contributed by atoms with Gasteiger partial charge in [0.15, 0.2) is 0 Å². The number of rotatable bonds is 6. The summed E-state index contributed by atoms with van der Waals surface area (Å²) in [5, 5.41) is 11.4. The van der Waals surface area contributed by atoms with E-state index in [2.05, 4.69) is 17.1 Å². The highest BCUT2D eigenvalue weighted by Crippen LogP contribution is 1.88. The molecule has 0 aromatic rings. The molecule has 0 aliphatic heterocycles. The van der Waals surface area contributed by atoms with Gasteiger partial charge < -0.3 is 10.8 Å². The van der Waals surface area contributed by atoms with Gasteiger partial charge in [0.2, 0.25) is 0 Å². The van der Waals surface area contributed by atoms with Crippen LogP contribution >= 0.6 is 0 Å². The van der Waals surface area contributed by atoms with Crippen molar-refractivity contribution in [3.8, 4) is 0 Å². The molecule has 0 aromatic heterocycles. The Bertz CT molecular complexity index is 187. The summed E-state index contributed by atoms with van der Waals surface area (Å²) in [5.41, 5.74) is 3.82. The topological polar surface area (TPSA) is 48.2 Å². The lowest BCUT2D eigenvalue weighted by molar-refractivity contribution is 0.784. The minimum absolute atomic E-state index is 0.481. The van der Waals surface area contributed by atoms with Gasteiger partial charge in [-0.2, -0.15) is 5.10 Å². The summed E-state index contributed by atoms with van der Waals surface area (Å²) in [6.07, 6.45) is 2.76. The predicted octanol–water partition coefficient (Wildman–Crippen LogP) is 1.13. The Kier molecular flexibility index (Phi) is 6.06. The van der Waals surface area contributed by atoms with Crippen LogP contribution in [-0.4, -0.2) is 25.8 Å². The maximum atomic E-state index is 7.46. The van der Waals surface area contributed by atoms with Gasteiger partial charge in [-0.15, -0.1) is 0 Å². The molecule has 0 unspecified atom stereocenters. The Balaban J connectivity index is 4.04. The second kappa shape index (κ2) is 6.64. The molecule has 0 aliphatic rings. The van der Waals surface area contributed by atoms with Crippen LogP contribution in [0.25, 0.3) is 0 Å². The molecule has 64 valence electrons. The maximum absolute atomic E-state index is 7.46.